The molecule has 1 fully saturated rings. The lowest BCUT2D eigenvalue weighted by Gasteiger charge is -2.31. The molecule has 0 unspecified atom stereocenters. The molecule has 5 nitrogen and oxygen atoms in total. The number of rotatable bonds is 5. The summed E-state index contributed by atoms with van der Waals surface area (Å²) in [5, 5.41) is 0. The Morgan fingerprint density at radius 2 is 1.75 bits per heavy atom. The van der Waals surface area contributed by atoms with Gasteiger partial charge in [0.25, 0.3) is 5.91 Å². The molecule has 0 N–H and O–H groups in total. The minimum Gasteiger partial charge on any atom is -0.348 e. The standard InChI is InChI=1S/C26H26FN3O2/c1-29(2)25(32)26(12-15-30(18-26)24(31)21-10-13-28-14-11-21)17-19-4-3-5-22(16-19)20-6-8-23(27)9-7-20/h3-11,13-14,16H,12,15,17-18H2,1-2H3/t26-/m1/s1. The zero-order valence-corrected chi connectivity index (χ0v) is 18.3. The van der Waals surface area contributed by atoms with Crippen molar-refractivity contribution in [2.24, 2.45) is 5.41 Å². The molecule has 0 aliphatic carbocycles. The van der Waals surface area contributed by atoms with Crippen LogP contribution in [0.1, 0.15) is 22.3 Å². The Labute approximate surface area is 187 Å². The van der Waals surface area contributed by atoms with Crippen LogP contribution in [0.2, 0.25) is 0 Å². The average Bonchev–Trinajstić information content (AvgIpc) is 3.24. The Balaban J connectivity index is 1.61. The molecule has 1 atom stereocenters. The molecule has 0 saturated carbocycles. The summed E-state index contributed by atoms with van der Waals surface area (Å²) in [5.74, 6) is -0.332. The number of carbonyl (C=O) groups is 2. The van der Waals surface area contributed by atoms with E-state index in [-0.39, 0.29) is 17.6 Å². The van der Waals surface area contributed by atoms with E-state index in [1.54, 1.807) is 60.6 Å². The lowest BCUT2D eigenvalue weighted by molar-refractivity contribution is -0.138. The highest BCUT2D eigenvalue weighted by molar-refractivity contribution is 5.95. The van der Waals surface area contributed by atoms with Crippen molar-refractivity contribution in [3.8, 4) is 11.1 Å². The van der Waals surface area contributed by atoms with Crippen molar-refractivity contribution in [3.63, 3.8) is 0 Å². The van der Waals surface area contributed by atoms with Crippen LogP contribution in [0.4, 0.5) is 4.39 Å². The van der Waals surface area contributed by atoms with Crippen LogP contribution in [-0.2, 0) is 11.2 Å². The van der Waals surface area contributed by atoms with Gasteiger partial charge in [-0.25, -0.2) is 4.39 Å². The quantitative estimate of drug-likeness (QED) is 0.612. The SMILES string of the molecule is CN(C)C(=O)[C@@]1(Cc2cccc(-c3ccc(F)cc3)c2)CCN(C(=O)c2ccncc2)C1. The molecule has 0 spiro atoms. The molecule has 0 radical (unpaired) electrons. The van der Waals surface area contributed by atoms with Crippen LogP contribution < -0.4 is 0 Å². The minimum absolute atomic E-state index is 0.0229. The van der Waals surface area contributed by atoms with E-state index < -0.39 is 5.41 Å². The lowest BCUT2D eigenvalue weighted by atomic mass is 9.79. The summed E-state index contributed by atoms with van der Waals surface area (Å²) >= 11 is 0. The third-order valence-corrected chi connectivity index (χ3v) is 6.08. The van der Waals surface area contributed by atoms with Crippen LogP contribution in [-0.4, -0.2) is 53.8 Å². The summed E-state index contributed by atoms with van der Waals surface area (Å²) in [6.45, 7) is 0.893. The molecule has 164 valence electrons. The van der Waals surface area contributed by atoms with Crippen molar-refractivity contribution < 1.29 is 14.0 Å². The summed E-state index contributed by atoms with van der Waals surface area (Å²) in [5.41, 5.74) is 2.79. The molecule has 1 aliphatic rings. The highest BCUT2D eigenvalue weighted by atomic mass is 19.1. The third-order valence-electron chi connectivity index (χ3n) is 6.08. The van der Waals surface area contributed by atoms with Crippen molar-refractivity contribution in [1.29, 1.82) is 0 Å². The first-order valence-electron chi connectivity index (χ1n) is 10.6. The van der Waals surface area contributed by atoms with Crippen LogP contribution in [0.15, 0.2) is 73.1 Å². The number of pyridine rings is 1. The van der Waals surface area contributed by atoms with E-state index in [1.165, 1.54) is 12.1 Å². The number of amides is 2. The highest BCUT2D eigenvalue weighted by Crippen LogP contribution is 2.37. The summed E-state index contributed by atoms with van der Waals surface area (Å²) < 4.78 is 13.3. The van der Waals surface area contributed by atoms with Gasteiger partial charge in [-0.2, -0.15) is 0 Å². The van der Waals surface area contributed by atoms with Crippen LogP contribution in [0.25, 0.3) is 11.1 Å². The predicted molar refractivity (Wildman–Crippen MR) is 121 cm³/mol. The number of benzene rings is 2. The van der Waals surface area contributed by atoms with Gasteiger partial charge in [-0.05, 0) is 53.8 Å². The molecule has 1 saturated heterocycles. The molecule has 2 heterocycles. The number of nitrogens with zero attached hydrogens (tertiary/aromatic N) is 3. The first kappa shape index (κ1) is 21.7. The van der Waals surface area contributed by atoms with Gasteiger partial charge in [0.15, 0.2) is 0 Å². The van der Waals surface area contributed by atoms with Gasteiger partial charge in [-0.15, -0.1) is 0 Å². The van der Waals surface area contributed by atoms with Crippen molar-refractivity contribution >= 4 is 11.8 Å². The van der Waals surface area contributed by atoms with Crippen LogP contribution in [0.3, 0.4) is 0 Å². The molecule has 1 aliphatic heterocycles. The number of aromatic nitrogens is 1. The number of halogens is 1. The molecule has 6 heteroatoms. The second-order valence-corrected chi connectivity index (χ2v) is 8.58. The zero-order valence-electron chi connectivity index (χ0n) is 18.3. The summed E-state index contributed by atoms with van der Waals surface area (Å²) in [6, 6.07) is 17.8. The molecule has 2 amide bonds. The molecular formula is C26H26FN3O2. The molecule has 32 heavy (non-hydrogen) atoms. The highest BCUT2D eigenvalue weighted by Gasteiger charge is 2.46. The number of hydrogen-bond acceptors (Lipinski definition) is 3. The van der Waals surface area contributed by atoms with Crippen LogP contribution in [0.5, 0.6) is 0 Å². The van der Waals surface area contributed by atoms with Gasteiger partial charge in [0.2, 0.25) is 5.91 Å². The molecule has 0 bridgehead atoms. The van der Waals surface area contributed by atoms with Crippen molar-refractivity contribution in [1.82, 2.24) is 14.8 Å². The van der Waals surface area contributed by atoms with Crippen LogP contribution in [0, 0.1) is 11.2 Å². The zero-order chi connectivity index (χ0) is 22.7. The van der Waals surface area contributed by atoms with E-state index in [2.05, 4.69) is 4.98 Å². The van der Waals surface area contributed by atoms with Gasteiger partial charge >= 0.3 is 0 Å². The maximum Gasteiger partial charge on any atom is 0.253 e. The molecule has 3 aromatic rings. The third kappa shape index (κ3) is 4.40. The number of carbonyl (C=O) groups excluding carboxylic acids is 2. The normalized spacial score (nSPS) is 17.9. The maximum absolute atomic E-state index is 13.3. The first-order valence-corrected chi connectivity index (χ1v) is 10.6. The monoisotopic (exact) mass is 431 g/mol. The summed E-state index contributed by atoms with van der Waals surface area (Å²) in [7, 11) is 3.51. The van der Waals surface area contributed by atoms with Crippen molar-refractivity contribution in [2.75, 3.05) is 27.2 Å². The average molecular weight is 432 g/mol. The number of likely N-dealkylation sites (tertiary alicyclic amines) is 1. The maximum atomic E-state index is 13.3. The second-order valence-electron chi connectivity index (χ2n) is 8.58. The first-order chi connectivity index (χ1) is 15.4. The Hall–Kier alpha value is -3.54. The van der Waals surface area contributed by atoms with E-state index in [0.717, 1.165) is 16.7 Å². The fraction of sp³-hybridized carbons (Fsp3) is 0.269. The van der Waals surface area contributed by atoms with Gasteiger partial charge in [-0.3, -0.25) is 14.6 Å². The Kier molecular flexibility index (Phi) is 6.04. The van der Waals surface area contributed by atoms with Gasteiger partial charge in [-0.1, -0.05) is 36.4 Å². The number of hydrogen-bond donors (Lipinski definition) is 0. The van der Waals surface area contributed by atoms with Gasteiger partial charge in [0.05, 0.1) is 5.41 Å². The Morgan fingerprint density at radius 1 is 1.03 bits per heavy atom. The van der Waals surface area contributed by atoms with E-state index in [0.29, 0.717) is 31.5 Å². The fourth-order valence-corrected chi connectivity index (χ4v) is 4.49. The summed E-state index contributed by atoms with van der Waals surface area (Å²) in [6.07, 6.45) is 4.33. The van der Waals surface area contributed by atoms with Crippen molar-refractivity contribution in [3.05, 3.63) is 90.0 Å². The molecule has 2 aromatic carbocycles. The topological polar surface area (TPSA) is 53.5 Å². The Bertz CT molecular complexity index is 1120. The van der Waals surface area contributed by atoms with Crippen LogP contribution >= 0.6 is 0 Å². The van der Waals surface area contributed by atoms with E-state index in [4.69, 9.17) is 0 Å². The lowest BCUT2D eigenvalue weighted by Crippen LogP contribution is -2.44. The second kappa shape index (κ2) is 8.91. The predicted octanol–water partition coefficient (Wildman–Crippen LogP) is 4.05. The van der Waals surface area contributed by atoms with Gasteiger partial charge in [0.1, 0.15) is 5.82 Å². The largest absolute Gasteiger partial charge is 0.348 e. The summed E-state index contributed by atoms with van der Waals surface area (Å²) in [4.78, 5) is 33.6. The smallest absolute Gasteiger partial charge is 0.253 e. The van der Waals surface area contributed by atoms with E-state index >= 15 is 0 Å². The van der Waals surface area contributed by atoms with E-state index in [1.807, 2.05) is 24.3 Å². The van der Waals surface area contributed by atoms with E-state index in [9.17, 15) is 14.0 Å². The Morgan fingerprint density at radius 3 is 2.44 bits per heavy atom. The molecule has 4 rings (SSSR count). The fourth-order valence-electron chi connectivity index (χ4n) is 4.49. The minimum atomic E-state index is -0.687. The van der Waals surface area contributed by atoms with Gasteiger partial charge < -0.3 is 9.80 Å². The molecule has 1 aromatic heterocycles. The molecular weight excluding hydrogens is 405 g/mol. The van der Waals surface area contributed by atoms with Gasteiger partial charge in [0, 0.05) is 45.1 Å². The van der Waals surface area contributed by atoms with Crippen molar-refractivity contribution in [2.45, 2.75) is 12.8 Å².